The first kappa shape index (κ1) is 15.0. The molecule has 2 saturated heterocycles. The van der Waals surface area contributed by atoms with E-state index in [2.05, 4.69) is 9.88 Å². The molecule has 0 N–H and O–H groups in total. The van der Waals surface area contributed by atoms with E-state index in [1.165, 1.54) is 0 Å². The van der Waals surface area contributed by atoms with Crippen molar-refractivity contribution < 1.29 is 21.6 Å². The zero-order valence-corrected chi connectivity index (χ0v) is 12.6. The molecular formula is C11H14F3N3O2S2. The molecule has 1 aromatic heterocycles. The van der Waals surface area contributed by atoms with Gasteiger partial charge in [-0.3, -0.25) is 4.90 Å². The minimum atomic E-state index is -4.44. The lowest BCUT2D eigenvalue weighted by molar-refractivity contribution is -0.140. The normalized spacial score (nSPS) is 26.6. The van der Waals surface area contributed by atoms with Crippen molar-refractivity contribution in [3.8, 4) is 0 Å². The van der Waals surface area contributed by atoms with Crippen LogP contribution in [0.5, 0.6) is 0 Å². The van der Waals surface area contributed by atoms with Gasteiger partial charge in [-0.2, -0.15) is 13.2 Å². The molecule has 3 rings (SSSR count). The Hall–Kier alpha value is -0.870. The van der Waals surface area contributed by atoms with Crippen LogP contribution in [-0.4, -0.2) is 62.0 Å². The number of aromatic nitrogens is 1. The topological polar surface area (TPSA) is 53.5 Å². The van der Waals surface area contributed by atoms with E-state index in [-0.39, 0.29) is 17.5 Å². The summed E-state index contributed by atoms with van der Waals surface area (Å²) >= 11 is 0.949. The molecule has 0 amide bonds. The van der Waals surface area contributed by atoms with Crippen LogP contribution >= 0.6 is 11.3 Å². The summed E-state index contributed by atoms with van der Waals surface area (Å²) in [6.07, 6.45) is -4.44. The number of hydrogen-bond donors (Lipinski definition) is 0. The van der Waals surface area contributed by atoms with Gasteiger partial charge in [0.25, 0.3) is 0 Å². The fraction of sp³-hybridized carbons (Fsp3) is 0.727. The average molecular weight is 341 g/mol. The highest BCUT2D eigenvalue weighted by Crippen LogP contribution is 2.33. The predicted molar refractivity (Wildman–Crippen MR) is 73.3 cm³/mol. The van der Waals surface area contributed by atoms with E-state index in [9.17, 15) is 21.6 Å². The average Bonchev–Trinajstić information content (AvgIpc) is 2.86. The number of halogens is 3. The number of piperazine rings is 1. The zero-order valence-electron chi connectivity index (χ0n) is 11.0. The van der Waals surface area contributed by atoms with Crippen LogP contribution in [0.4, 0.5) is 18.3 Å². The van der Waals surface area contributed by atoms with Gasteiger partial charge in [0.2, 0.25) is 0 Å². The number of sulfone groups is 1. The van der Waals surface area contributed by atoms with Crippen LogP contribution in [0, 0.1) is 0 Å². The number of rotatable bonds is 1. The number of fused-ring (bicyclic) bond motifs is 1. The van der Waals surface area contributed by atoms with Gasteiger partial charge in [-0.1, -0.05) is 0 Å². The van der Waals surface area contributed by atoms with E-state index < -0.39 is 21.7 Å². The van der Waals surface area contributed by atoms with Gasteiger partial charge in [-0.15, -0.1) is 11.3 Å². The largest absolute Gasteiger partial charge is 0.434 e. The minimum Gasteiger partial charge on any atom is -0.345 e. The molecule has 2 fully saturated rings. The van der Waals surface area contributed by atoms with Gasteiger partial charge in [-0.25, -0.2) is 13.4 Å². The lowest BCUT2D eigenvalue weighted by Crippen LogP contribution is -2.59. The van der Waals surface area contributed by atoms with Crippen LogP contribution in [0.1, 0.15) is 5.69 Å². The number of alkyl halides is 3. The number of nitrogens with zero attached hydrogens (tertiary/aromatic N) is 3. The second-order valence-corrected chi connectivity index (χ2v) is 8.33. The predicted octanol–water partition coefficient (Wildman–Crippen LogP) is 1.08. The summed E-state index contributed by atoms with van der Waals surface area (Å²) in [6.45, 7) is 2.14. The van der Waals surface area contributed by atoms with Gasteiger partial charge in [0.05, 0.1) is 11.5 Å². The van der Waals surface area contributed by atoms with Crippen molar-refractivity contribution in [2.75, 3.05) is 42.6 Å². The molecule has 21 heavy (non-hydrogen) atoms. The quantitative estimate of drug-likeness (QED) is 0.765. The summed E-state index contributed by atoms with van der Waals surface area (Å²) in [5.41, 5.74) is -0.888. The molecule has 3 heterocycles. The lowest BCUT2D eigenvalue weighted by Gasteiger charge is -2.43. The molecular weight excluding hydrogens is 327 g/mol. The molecule has 10 heteroatoms. The molecule has 0 saturated carbocycles. The molecule has 118 valence electrons. The summed E-state index contributed by atoms with van der Waals surface area (Å²) in [5, 5.41) is 1.31. The Morgan fingerprint density at radius 3 is 2.71 bits per heavy atom. The maximum absolute atomic E-state index is 12.6. The highest BCUT2D eigenvalue weighted by molar-refractivity contribution is 7.91. The van der Waals surface area contributed by atoms with Gasteiger partial charge < -0.3 is 4.90 Å². The van der Waals surface area contributed by atoms with Gasteiger partial charge in [0.1, 0.15) is 0 Å². The highest BCUT2D eigenvalue weighted by atomic mass is 32.2. The molecule has 0 radical (unpaired) electrons. The van der Waals surface area contributed by atoms with Gasteiger partial charge in [-0.05, 0) is 0 Å². The monoisotopic (exact) mass is 341 g/mol. The van der Waals surface area contributed by atoms with Crippen molar-refractivity contribution in [1.29, 1.82) is 0 Å². The van der Waals surface area contributed by atoms with Crippen LogP contribution < -0.4 is 4.90 Å². The molecule has 5 nitrogen and oxygen atoms in total. The van der Waals surface area contributed by atoms with Crippen molar-refractivity contribution in [1.82, 2.24) is 9.88 Å². The third-order valence-electron chi connectivity index (χ3n) is 3.79. The third-order valence-corrected chi connectivity index (χ3v) is 6.39. The van der Waals surface area contributed by atoms with E-state index in [4.69, 9.17) is 0 Å². The van der Waals surface area contributed by atoms with Crippen molar-refractivity contribution in [2.45, 2.75) is 12.2 Å². The van der Waals surface area contributed by atoms with E-state index in [0.717, 1.165) is 16.7 Å². The fourth-order valence-corrected chi connectivity index (χ4v) is 5.14. The van der Waals surface area contributed by atoms with Gasteiger partial charge in [0.15, 0.2) is 20.7 Å². The first-order chi connectivity index (χ1) is 9.74. The second-order valence-electron chi connectivity index (χ2n) is 5.26. The zero-order chi connectivity index (χ0) is 15.3. The number of thiazole rings is 1. The van der Waals surface area contributed by atoms with Crippen LogP contribution in [0.25, 0.3) is 0 Å². The molecule has 2 aliphatic rings. The molecule has 1 atom stereocenters. The molecule has 0 bridgehead atoms. The second kappa shape index (κ2) is 5.10. The smallest absolute Gasteiger partial charge is 0.345 e. The van der Waals surface area contributed by atoms with Crippen LogP contribution in [-0.2, 0) is 16.0 Å². The van der Waals surface area contributed by atoms with Crippen LogP contribution in [0.2, 0.25) is 0 Å². The Morgan fingerprint density at radius 1 is 1.29 bits per heavy atom. The number of hydrogen-bond acceptors (Lipinski definition) is 6. The molecule has 1 aromatic rings. The Balaban J connectivity index is 1.75. The Kier molecular flexibility index (Phi) is 3.65. The third kappa shape index (κ3) is 3.16. The van der Waals surface area contributed by atoms with E-state index in [0.29, 0.717) is 31.3 Å². The molecule has 0 aromatic carbocycles. The molecule has 0 unspecified atom stereocenters. The van der Waals surface area contributed by atoms with E-state index in [1.807, 2.05) is 0 Å². The van der Waals surface area contributed by atoms with Crippen molar-refractivity contribution in [3.63, 3.8) is 0 Å². The minimum absolute atomic E-state index is 0.0704. The highest BCUT2D eigenvalue weighted by Gasteiger charge is 2.38. The van der Waals surface area contributed by atoms with E-state index >= 15 is 0 Å². The van der Waals surface area contributed by atoms with Gasteiger partial charge >= 0.3 is 6.18 Å². The fourth-order valence-electron chi connectivity index (χ4n) is 2.69. The van der Waals surface area contributed by atoms with Crippen molar-refractivity contribution in [2.24, 2.45) is 0 Å². The Bertz CT molecular complexity index is 629. The maximum atomic E-state index is 12.6. The molecule has 0 spiro atoms. The number of anilines is 1. The maximum Gasteiger partial charge on any atom is 0.434 e. The molecule has 2 aliphatic heterocycles. The van der Waals surface area contributed by atoms with Crippen LogP contribution in [0.3, 0.4) is 0 Å². The van der Waals surface area contributed by atoms with E-state index in [1.54, 1.807) is 4.90 Å². The van der Waals surface area contributed by atoms with Crippen molar-refractivity contribution in [3.05, 3.63) is 11.1 Å². The summed E-state index contributed by atoms with van der Waals surface area (Å²) in [6, 6.07) is -0.157. The summed E-state index contributed by atoms with van der Waals surface area (Å²) in [7, 11) is -3.04. The SMILES string of the molecule is O=S1(=O)CCN2CCN(c3nc(C(F)(F)F)cs3)C[C@@H]2C1. The summed E-state index contributed by atoms with van der Waals surface area (Å²) in [5.74, 6) is 0.236. The lowest BCUT2D eigenvalue weighted by atomic mass is 10.2. The van der Waals surface area contributed by atoms with Crippen LogP contribution in [0.15, 0.2) is 5.38 Å². The van der Waals surface area contributed by atoms with Gasteiger partial charge in [0, 0.05) is 37.6 Å². The summed E-state index contributed by atoms with van der Waals surface area (Å²) < 4.78 is 61.1. The Morgan fingerprint density at radius 2 is 2.05 bits per heavy atom. The first-order valence-electron chi connectivity index (χ1n) is 6.47. The summed E-state index contributed by atoms with van der Waals surface area (Å²) in [4.78, 5) is 7.48. The van der Waals surface area contributed by atoms with Crippen molar-refractivity contribution >= 4 is 26.3 Å². The standard InChI is InChI=1S/C11H14F3N3O2S2/c12-11(13,14)9-6-20-10(15-9)17-2-1-16-3-4-21(18,19)7-8(16)5-17/h6,8H,1-5,7H2/t8-/m1/s1. The first-order valence-corrected chi connectivity index (χ1v) is 9.17. The molecule has 0 aliphatic carbocycles. The Labute approximate surface area is 124 Å².